The molecule has 0 saturated carbocycles. The molecule has 0 fully saturated rings. The molecular formula is C34H59NO. The van der Waals surface area contributed by atoms with Crippen molar-refractivity contribution < 1.29 is 4.74 Å². The molecule has 2 heteroatoms. The minimum absolute atomic E-state index is 0.0986. The molecule has 1 heterocycles. The first-order chi connectivity index (χ1) is 16.9. The lowest BCUT2D eigenvalue weighted by atomic mass is 9.46. The Morgan fingerprint density at radius 3 is 1.78 bits per heavy atom. The highest BCUT2D eigenvalue weighted by Crippen LogP contribution is 2.64. The molecule has 0 saturated heterocycles. The molecule has 0 amide bonds. The van der Waals surface area contributed by atoms with Crippen LogP contribution in [0.4, 0.5) is 0 Å². The highest BCUT2D eigenvalue weighted by atomic mass is 16.5. The third-order valence-corrected chi connectivity index (χ3v) is 11.7. The zero-order valence-electron chi connectivity index (χ0n) is 25.9. The summed E-state index contributed by atoms with van der Waals surface area (Å²) < 4.78 is 6.29. The fourth-order valence-corrected chi connectivity index (χ4v) is 7.46. The van der Waals surface area contributed by atoms with Crippen molar-refractivity contribution in [1.82, 2.24) is 0 Å². The third-order valence-electron chi connectivity index (χ3n) is 11.7. The topological polar surface area (TPSA) is 21.6 Å². The Morgan fingerprint density at radius 2 is 1.36 bits per heavy atom. The maximum Gasteiger partial charge on any atom is 0.190 e. The Bertz CT molecular complexity index is 832. The van der Waals surface area contributed by atoms with Gasteiger partial charge in [-0.3, -0.25) is 4.99 Å². The van der Waals surface area contributed by atoms with E-state index in [0.717, 1.165) is 38.3 Å². The van der Waals surface area contributed by atoms with E-state index in [4.69, 9.17) is 9.73 Å². The maximum absolute atomic E-state index is 6.29. The van der Waals surface area contributed by atoms with Gasteiger partial charge in [0.1, 0.15) is 6.61 Å². The fraction of sp³-hybridized carbons (Fsp3) is 0.794. The number of hydrogen-bond acceptors (Lipinski definition) is 2. The van der Waals surface area contributed by atoms with E-state index in [1.807, 2.05) is 0 Å². The van der Waals surface area contributed by atoms with E-state index in [1.165, 1.54) is 37.7 Å². The number of hydrogen-bond donors (Lipinski definition) is 0. The van der Waals surface area contributed by atoms with Crippen LogP contribution in [-0.2, 0) is 4.74 Å². The average Bonchev–Trinajstić information content (AvgIpc) is 3.45. The number of benzene rings is 1. The van der Waals surface area contributed by atoms with Crippen LogP contribution in [0.25, 0.3) is 0 Å². The van der Waals surface area contributed by atoms with Crippen molar-refractivity contribution in [1.29, 1.82) is 0 Å². The number of ether oxygens (including phenoxy) is 1. The number of nitrogens with zero attached hydrogens (tertiary/aromatic N) is 1. The van der Waals surface area contributed by atoms with Crippen LogP contribution >= 0.6 is 0 Å². The predicted molar refractivity (Wildman–Crippen MR) is 159 cm³/mol. The van der Waals surface area contributed by atoms with E-state index < -0.39 is 0 Å². The summed E-state index contributed by atoms with van der Waals surface area (Å²) in [4.78, 5) is 4.96. The molecule has 3 atom stereocenters. The van der Waals surface area contributed by atoms with Gasteiger partial charge in [0.2, 0.25) is 0 Å². The maximum atomic E-state index is 6.29. The van der Waals surface area contributed by atoms with Gasteiger partial charge in [0.25, 0.3) is 0 Å². The summed E-state index contributed by atoms with van der Waals surface area (Å²) in [6.45, 7) is 28.5. The molecule has 1 aliphatic heterocycles. The van der Waals surface area contributed by atoms with Gasteiger partial charge in [-0.15, -0.1) is 0 Å². The van der Waals surface area contributed by atoms with Crippen LogP contribution in [0.5, 0.6) is 0 Å². The molecule has 0 aliphatic carbocycles. The van der Waals surface area contributed by atoms with Crippen molar-refractivity contribution in [3.63, 3.8) is 0 Å². The smallest absolute Gasteiger partial charge is 0.190 e. The molecule has 0 N–H and O–H groups in total. The molecular weight excluding hydrogens is 438 g/mol. The van der Waals surface area contributed by atoms with Crippen molar-refractivity contribution in [3.05, 3.63) is 35.9 Å². The van der Waals surface area contributed by atoms with Crippen LogP contribution < -0.4 is 0 Å². The van der Waals surface area contributed by atoms with Crippen molar-refractivity contribution in [2.75, 3.05) is 13.2 Å². The zero-order chi connectivity index (χ0) is 27.3. The molecule has 0 spiro atoms. The van der Waals surface area contributed by atoms with Crippen molar-refractivity contribution in [3.8, 4) is 0 Å². The van der Waals surface area contributed by atoms with Gasteiger partial charge in [-0.05, 0) is 65.2 Å². The zero-order valence-corrected chi connectivity index (χ0v) is 25.9. The van der Waals surface area contributed by atoms with Gasteiger partial charge in [0, 0.05) is 5.41 Å². The lowest BCUT2D eigenvalue weighted by molar-refractivity contribution is -0.0561. The second-order valence-electron chi connectivity index (χ2n) is 13.2. The molecule has 3 unspecified atom stereocenters. The van der Waals surface area contributed by atoms with Crippen LogP contribution in [-0.4, -0.2) is 19.0 Å². The number of aliphatic imine (C=N–C) groups is 1. The first-order valence-electron chi connectivity index (χ1n) is 15.1. The quantitative estimate of drug-likeness (QED) is 0.236. The van der Waals surface area contributed by atoms with E-state index in [-0.39, 0.29) is 21.7 Å². The Kier molecular flexibility index (Phi) is 10.3. The van der Waals surface area contributed by atoms with E-state index in [2.05, 4.69) is 106 Å². The van der Waals surface area contributed by atoms with Gasteiger partial charge in [-0.25, -0.2) is 0 Å². The molecule has 2 rings (SSSR count). The van der Waals surface area contributed by atoms with E-state index in [9.17, 15) is 0 Å². The van der Waals surface area contributed by atoms with Gasteiger partial charge in [-0.2, -0.15) is 0 Å². The molecule has 36 heavy (non-hydrogen) atoms. The predicted octanol–water partition coefficient (Wildman–Crippen LogP) is 10.5. The van der Waals surface area contributed by atoms with Gasteiger partial charge >= 0.3 is 0 Å². The molecule has 1 aromatic rings. The largest absolute Gasteiger partial charge is 0.479 e. The second-order valence-corrected chi connectivity index (χ2v) is 13.2. The summed E-state index contributed by atoms with van der Waals surface area (Å²) in [6.07, 6.45) is 9.45. The van der Waals surface area contributed by atoms with Crippen molar-refractivity contribution in [2.45, 2.75) is 133 Å². The van der Waals surface area contributed by atoms with Crippen LogP contribution in [0.1, 0.15) is 139 Å². The van der Waals surface area contributed by atoms with Crippen LogP contribution in [0.3, 0.4) is 0 Å². The monoisotopic (exact) mass is 497 g/mol. The Hall–Kier alpha value is -1.31. The molecule has 2 nitrogen and oxygen atoms in total. The minimum atomic E-state index is -0.0986. The second kappa shape index (κ2) is 12.0. The average molecular weight is 498 g/mol. The third kappa shape index (κ3) is 5.58. The van der Waals surface area contributed by atoms with Crippen LogP contribution in [0.15, 0.2) is 35.3 Å². The van der Waals surface area contributed by atoms with E-state index in [0.29, 0.717) is 11.3 Å². The summed E-state index contributed by atoms with van der Waals surface area (Å²) in [7, 11) is 0. The highest BCUT2D eigenvalue weighted by Gasteiger charge is 2.57. The van der Waals surface area contributed by atoms with Gasteiger partial charge in [-0.1, -0.05) is 126 Å². The lowest BCUT2D eigenvalue weighted by Crippen LogP contribution is -2.52. The SMILES string of the molecule is CCC(C)(CC)CC(c1ccccc1)C(CC)(CC)C(C)(CC)CC(C)(C1=NCCO1)C(C)(C)CC. The summed E-state index contributed by atoms with van der Waals surface area (Å²) >= 11 is 0. The molecule has 1 aromatic carbocycles. The molecule has 0 bridgehead atoms. The summed E-state index contributed by atoms with van der Waals surface area (Å²) in [5.74, 6) is 1.53. The standard InChI is InChI=1S/C34H59NO/c1-12-30(7,8)33(11,29-35-23-24-36-29)26-32(10,15-4)34(16-5,17-6)28(25-31(9,13-2)14-3)27-21-19-18-20-22-27/h18-22,28H,12-17,23-26H2,1-11H3. The Morgan fingerprint density at radius 1 is 0.778 bits per heavy atom. The molecule has 0 aromatic heterocycles. The first-order valence-corrected chi connectivity index (χ1v) is 15.1. The molecule has 206 valence electrons. The summed E-state index contributed by atoms with van der Waals surface area (Å²) in [5.41, 5.74) is 2.19. The minimum Gasteiger partial charge on any atom is -0.479 e. The fourth-order valence-electron chi connectivity index (χ4n) is 7.46. The van der Waals surface area contributed by atoms with Gasteiger partial charge in [0.05, 0.1) is 6.54 Å². The molecule has 1 aliphatic rings. The van der Waals surface area contributed by atoms with E-state index >= 15 is 0 Å². The normalized spacial score (nSPS) is 19.2. The summed E-state index contributed by atoms with van der Waals surface area (Å²) in [6, 6.07) is 11.5. The first kappa shape index (κ1) is 30.9. The lowest BCUT2D eigenvalue weighted by Gasteiger charge is -2.59. The van der Waals surface area contributed by atoms with Gasteiger partial charge in [0.15, 0.2) is 5.90 Å². The van der Waals surface area contributed by atoms with Gasteiger partial charge < -0.3 is 4.74 Å². The van der Waals surface area contributed by atoms with Crippen LogP contribution in [0.2, 0.25) is 0 Å². The summed E-state index contributed by atoms with van der Waals surface area (Å²) in [5, 5.41) is 0. The highest BCUT2D eigenvalue weighted by molar-refractivity contribution is 5.84. The Balaban J connectivity index is 2.76. The number of rotatable bonds is 15. The van der Waals surface area contributed by atoms with Crippen LogP contribution in [0, 0.1) is 27.1 Å². The Labute approximate surface area is 225 Å². The van der Waals surface area contributed by atoms with Crippen molar-refractivity contribution >= 4 is 5.90 Å². The van der Waals surface area contributed by atoms with Crippen molar-refractivity contribution in [2.24, 2.45) is 32.1 Å². The molecule has 0 radical (unpaired) electrons. The van der Waals surface area contributed by atoms with E-state index in [1.54, 1.807) is 0 Å².